The zero-order chi connectivity index (χ0) is 17.3. The van der Waals surface area contributed by atoms with Crippen LogP contribution in [0.15, 0.2) is 47.6 Å². The van der Waals surface area contributed by atoms with Crippen LogP contribution in [-0.4, -0.2) is 15.9 Å². The molecule has 24 heavy (non-hydrogen) atoms. The quantitative estimate of drug-likeness (QED) is 0.375. The van der Waals surface area contributed by atoms with Crippen LogP contribution in [0.5, 0.6) is 0 Å². The van der Waals surface area contributed by atoms with Crippen molar-refractivity contribution in [2.24, 2.45) is 5.16 Å². The van der Waals surface area contributed by atoms with Gasteiger partial charge in [-0.1, -0.05) is 47.9 Å². The molecule has 0 radical (unpaired) electrons. The highest BCUT2D eigenvalue weighted by molar-refractivity contribution is 6.30. The van der Waals surface area contributed by atoms with E-state index in [1.807, 2.05) is 57.2 Å². The SMILES string of the molecule is CC/C(=N\O)c1cc(C)nc2c(-c3ccc(Cl)cc3C)cccc12. The summed E-state index contributed by atoms with van der Waals surface area (Å²) in [5, 5.41) is 14.5. The maximum atomic E-state index is 9.34. The number of para-hydroxylation sites is 1. The molecule has 2 aromatic carbocycles. The van der Waals surface area contributed by atoms with Crippen LogP contribution in [0.25, 0.3) is 22.0 Å². The molecule has 0 fully saturated rings. The highest BCUT2D eigenvalue weighted by atomic mass is 35.5. The van der Waals surface area contributed by atoms with Gasteiger partial charge < -0.3 is 5.21 Å². The Morgan fingerprint density at radius 1 is 1.12 bits per heavy atom. The maximum Gasteiger partial charge on any atom is 0.0872 e. The van der Waals surface area contributed by atoms with E-state index in [1.165, 1.54) is 0 Å². The van der Waals surface area contributed by atoms with Crippen molar-refractivity contribution in [3.63, 3.8) is 0 Å². The monoisotopic (exact) mass is 338 g/mol. The van der Waals surface area contributed by atoms with E-state index >= 15 is 0 Å². The highest BCUT2D eigenvalue weighted by Crippen LogP contribution is 2.33. The van der Waals surface area contributed by atoms with Gasteiger partial charge in [0.05, 0.1) is 11.2 Å². The zero-order valence-electron chi connectivity index (χ0n) is 14.0. The van der Waals surface area contributed by atoms with Crippen LogP contribution in [0, 0.1) is 13.8 Å². The highest BCUT2D eigenvalue weighted by Gasteiger charge is 2.14. The van der Waals surface area contributed by atoms with Crippen molar-refractivity contribution >= 4 is 28.2 Å². The van der Waals surface area contributed by atoms with Gasteiger partial charge in [-0.3, -0.25) is 4.98 Å². The first-order valence-electron chi connectivity index (χ1n) is 7.93. The molecule has 1 N–H and O–H groups in total. The van der Waals surface area contributed by atoms with Gasteiger partial charge in [-0.2, -0.15) is 0 Å². The Morgan fingerprint density at radius 3 is 2.58 bits per heavy atom. The molecule has 0 aliphatic heterocycles. The van der Waals surface area contributed by atoms with Gasteiger partial charge in [-0.05, 0) is 49.6 Å². The molecule has 0 amide bonds. The van der Waals surface area contributed by atoms with Crippen molar-refractivity contribution in [3.8, 4) is 11.1 Å². The lowest BCUT2D eigenvalue weighted by atomic mass is 9.94. The summed E-state index contributed by atoms with van der Waals surface area (Å²) in [5.41, 5.74) is 6.66. The molecule has 0 atom stereocenters. The standard InChI is InChI=1S/C20H19ClN2O/c1-4-19(23-24)18-11-13(3)22-20-16(6-5-7-17(18)20)15-9-8-14(21)10-12(15)2/h5-11,24H,4H2,1-3H3/b23-19+. The Hall–Kier alpha value is -2.39. The third kappa shape index (κ3) is 2.87. The molecule has 0 aliphatic rings. The first-order chi connectivity index (χ1) is 11.5. The van der Waals surface area contributed by atoms with Crippen molar-refractivity contribution in [3.05, 3.63) is 64.3 Å². The predicted octanol–water partition coefficient (Wildman–Crippen LogP) is 5.76. The minimum atomic E-state index is 0.652. The van der Waals surface area contributed by atoms with Crippen LogP contribution >= 0.6 is 11.6 Å². The molecular weight excluding hydrogens is 320 g/mol. The molecule has 1 heterocycles. The number of benzene rings is 2. The second-order valence-corrected chi connectivity index (χ2v) is 6.31. The number of pyridine rings is 1. The number of fused-ring (bicyclic) bond motifs is 1. The van der Waals surface area contributed by atoms with E-state index in [1.54, 1.807) is 0 Å². The first-order valence-corrected chi connectivity index (χ1v) is 8.31. The summed E-state index contributed by atoms with van der Waals surface area (Å²) in [6.45, 7) is 5.98. The smallest absolute Gasteiger partial charge is 0.0872 e. The van der Waals surface area contributed by atoms with Crippen LogP contribution < -0.4 is 0 Å². The molecule has 3 aromatic rings. The van der Waals surface area contributed by atoms with Crippen molar-refractivity contribution in [2.45, 2.75) is 27.2 Å². The van der Waals surface area contributed by atoms with Gasteiger partial charge in [0.25, 0.3) is 0 Å². The Labute approximate surface area is 146 Å². The summed E-state index contributed by atoms with van der Waals surface area (Å²) in [6, 6.07) is 13.9. The molecule has 0 aliphatic carbocycles. The summed E-state index contributed by atoms with van der Waals surface area (Å²) in [6.07, 6.45) is 0.652. The number of hydrogen-bond acceptors (Lipinski definition) is 3. The summed E-state index contributed by atoms with van der Waals surface area (Å²) in [5.74, 6) is 0. The number of nitrogens with zero attached hydrogens (tertiary/aromatic N) is 2. The average Bonchev–Trinajstić information content (AvgIpc) is 2.56. The predicted molar refractivity (Wildman–Crippen MR) is 100 cm³/mol. The number of aryl methyl sites for hydroxylation is 2. The fourth-order valence-corrected chi connectivity index (χ4v) is 3.30. The second-order valence-electron chi connectivity index (χ2n) is 5.87. The molecule has 0 spiro atoms. The van der Waals surface area contributed by atoms with Gasteiger partial charge in [0.2, 0.25) is 0 Å². The molecule has 4 heteroatoms. The number of halogens is 1. The van der Waals surface area contributed by atoms with Gasteiger partial charge in [0, 0.05) is 27.2 Å². The first kappa shape index (κ1) is 16.5. The van der Waals surface area contributed by atoms with Crippen molar-refractivity contribution in [2.75, 3.05) is 0 Å². The summed E-state index contributed by atoms with van der Waals surface area (Å²) >= 11 is 6.09. The third-order valence-electron chi connectivity index (χ3n) is 4.21. The number of hydrogen-bond donors (Lipinski definition) is 1. The molecule has 0 saturated heterocycles. The van der Waals surface area contributed by atoms with E-state index < -0.39 is 0 Å². The van der Waals surface area contributed by atoms with Gasteiger partial charge in [-0.15, -0.1) is 0 Å². The Balaban J connectivity index is 2.36. The largest absolute Gasteiger partial charge is 0.411 e. The topological polar surface area (TPSA) is 45.5 Å². The lowest BCUT2D eigenvalue weighted by molar-refractivity contribution is 0.318. The van der Waals surface area contributed by atoms with E-state index in [2.05, 4.69) is 11.2 Å². The molecule has 1 aromatic heterocycles. The minimum absolute atomic E-state index is 0.652. The van der Waals surface area contributed by atoms with Gasteiger partial charge in [0.1, 0.15) is 0 Å². The second kappa shape index (κ2) is 6.62. The molecule has 3 rings (SSSR count). The summed E-state index contributed by atoms with van der Waals surface area (Å²) < 4.78 is 0. The van der Waals surface area contributed by atoms with E-state index in [0.29, 0.717) is 12.1 Å². The molecule has 0 unspecified atom stereocenters. The lowest BCUT2D eigenvalue weighted by Crippen LogP contribution is -2.03. The van der Waals surface area contributed by atoms with Crippen molar-refractivity contribution in [1.82, 2.24) is 4.98 Å². The summed E-state index contributed by atoms with van der Waals surface area (Å²) in [4.78, 5) is 4.76. The lowest BCUT2D eigenvalue weighted by Gasteiger charge is -2.13. The van der Waals surface area contributed by atoms with Crippen LogP contribution in [0.2, 0.25) is 5.02 Å². The van der Waals surface area contributed by atoms with Crippen LogP contribution in [-0.2, 0) is 0 Å². The van der Waals surface area contributed by atoms with Gasteiger partial charge >= 0.3 is 0 Å². The van der Waals surface area contributed by atoms with Crippen LogP contribution in [0.1, 0.15) is 30.2 Å². The minimum Gasteiger partial charge on any atom is -0.411 e. The van der Waals surface area contributed by atoms with E-state index in [0.717, 1.165) is 43.9 Å². The third-order valence-corrected chi connectivity index (χ3v) is 4.45. The Bertz CT molecular complexity index is 948. The molecule has 0 saturated carbocycles. The zero-order valence-corrected chi connectivity index (χ0v) is 14.7. The normalized spacial score (nSPS) is 11.9. The molecule has 0 bridgehead atoms. The van der Waals surface area contributed by atoms with E-state index in [-0.39, 0.29) is 0 Å². The fourth-order valence-electron chi connectivity index (χ4n) is 3.08. The van der Waals surface area contributed by atoms with Crippen LogP contribution in [0.3, 0.4) is 0 Å². The number of oxime groups is 1. The number of rotatable bonds is 3. The maximum absolute atomic E-state index is 9.34. The Morgan fingerprint density at radius 2 is 1.92 bits per heavy atom. The molecule has 122 valence electrons. The van der Waals surface area contributed by atoms with Crippen molar-refractivity contribution < 1.29 is 5.21 Å². The van der Waals surface area contributed by atoms with Crippen LogP contribution in [0.4, 0.5) is 0 Å². The fraction of sp³-hybridized carbons (Fsp3) is 0.200. The number of aromatic nitrogens is 1. The van der Waals surface area contributed by atoms with Gasteiger partial charge in [0.15, 0.2) is 0 Å². The van der Waals surface area contributed by atoms with E-state index in [4.69, 9.17) is 16.6 Å². The van der Waals surface area contributed by atoms with Gasteiger partial charge in [-0.25, -0.2) is 0 Å². The molecule has 3 nitrogen and oxygen atoms in total. The Kier molecular flexibility index (Phi) is 4.54. The average molecular weight is 339 g/mol. The summed E-state index contributed by atoms with van der Waals surface area (Å²) in [7, 11) is 0. The molecular formula is C20H19ClN2O. The van der Waals surface area contributed by atoms with E-state index in [9.17, 15) is 5.21 Å². The van der Waals surface area contributed by atoms with Crippen molar-refractivity contribution in [1.29, 1.82) is 0 Å².